The standard InChI is InChI=1S/C19H26N2O3/c1-12(2)19(4,10-18(23)24)21-17(22)8-6-14-11-20-16-7-5-13(3)9-15(14)16/h5,7,9,11-12,20H,6,8,10H2,1-4H3,(H,21,22)(H,23,24). The Morgan fingerprint density at radius 3 is 2.67 bits per heavy atom. The smallest absolute Gasteiger partial charge is 0.305 e. The Labute approximate surface area is 142 Å². The van der Waals surface area contributed by atoms with Crippen molar-refractivity contribution in [1.82, 2.24) is 10.3 Å². The predicted octanol–water partition coefficient (Wildman–Crippen LogP) is 3.41. The molecule has 0 saturated carbocycles. The zero-order valence-electron chi connectivity index (χ0n) is 14.8. The van der Waals surface area contributed by atoms with Crippen LogP contribution >= 0.6 is 0 Å². The lowest BCUT2D eigenvalue weighted by Gasteiger charge is -2.33. The molecule has 0 bridgehead atoms. The summed E-state index contributed by atoms with van der Waals surface area (Å²) in [4.78, 5) is 26.6. The van der Waals surface area contributed by atoms with Crippen molar-refractivity contribution in [2.24, 2.45) is 5.92 Å². The van der Waals surface area contributed by atoms with Gasteiger partial charge in [-0.3, -0.25) is 9.59 Å². The fourth-order valence-electron chi connectivity index (χ4n) is 2.84. The molecule has 2 rings (SSSR count). The molecule has 1 amide bonds. The fourth-order valence-corrected chi connectivity index (χ4v) is 2.84. The first kappa shape index (κ1) is 18.0. The average molecular weight is 330 g/mol. The molecule has 24 heavy (non-hydrogen) atoms. The van der Waals surface area contributed by atoms with Gasteiger partial charge in [0.25, 0.3) is 0 Å². The highest BCUT2D eigenvalue weighted by molar-refractivity contribution is 5.85. The molecule has 0 saturated heterocycles. The Hall–Kier alpha value is -2.30. The van der Waals surface area contributed by atoms with E-state index in [9.17, 15) is 9.59 Å². The Morgan fingerprint density at radius 2 is 2.04 bits per heavy atom. The van der Waals surface area contributed by atoms with E-state index in [2.05, 4.69) is 22.4 Å². The zero-order valence-corrected chi connectivity index (χ0v) is 14.8. The largest absolute Gasteiger partial charge is 0.481 e. The van der Waals surface area contributed by atoms with Gasteiger partial charge in [-0.1, -0.05) is 25.5 Å². The molecule has 5 heteroatoms. The summed E-state index contributed by atoms with van der Waals surface area (Å²) >= 11 is 0. The van der Waals surface area contributed by atoms with Crippen molar-refractivity contribution in [3.63, 3.8) is 0 Å². The highest BCUT2D eigenvalue weighted by Gasteiger charge is 2.32. The highest BCUT2D eigenvalue weighted by atomic mass is 16.4. The number of carboxylic acids is 1. The van der Waals surface area contributed by atoms with Crippen molar-refractivity contribution in [1.29, 1.82) is 0 Å². The van der Waals surface area contributed by atoms with Gasteiger partial charge in [0.15, 0.2) is 0 Å². The van der Waals surface area contributed by atoms with Gasteiger partial charge in [0.2, 0.25) is 5.91 Å². The Morgan fingerprint density at radius 1 is 1.33 bits per heavy atom. The normalized spacial score (nSPS) is 13.9. The van der Waals surface area contributed by atoms with Crippen LogP contribution in [0.4, 0.5) is 0 Å². The minimum absolute atomic E-state index is 0.0355. The molecule has 0 aliphatic rings. The van der Waals surface area contributed by atoms with Crippen molar-refractivity contribution < 1.29 is 14.7 Å². The Kier molecular flexibility index (Phi) is 5.32. The van der Waals surface area contributed by atoms with Crippen LogP contribution in [0.1, 0.15) is 44.7 Å². The lowest BCUT2D eigenvalue weighted by Crippen LogP contribution is -2.51. The summed E-state index contributed by atoms with van der Waals surface area (Å²) in [6.45, 7) is 7.68. The first-order valence-electron chi connectivity index (χ1n) is 8.30. The quantitative estimate of drug-likeness (QED) is 0.727. The van der Waals surface area contributed by atoms with E-state index in [-0.39, 0.29) is 18.2 Å². The third kappa shape index (κ3) is 4.16. The molecule has 2 aromatic rings. The molecule has 0 radical (unpaired) electrons. The molecule has 1 unspecified atom stereocenters. The molecule has 0 aliphatic carbocycles. The maximum absolute atomic E-state index is 12.3. The number of aromatic nitrogens is 1. The van der Waals surface area contributed by atoms with Crippen molar-refractivity contribution >= 4 is 22.8 Å². The van der Waals surface area contributed by atoms with Gasteiger partial charge in [-0.15, -0.1) is 0 Å². The third-order valence-electron chi connectivity index (χ3n) is 4.76. The summed E-state index contributed by atoms with van der Waals surface area (Å²) in [6.07, 6.45) is 2.82. The fraction of sp³-hybridized carbons (Fsp3) is 0.474. The van der Waals surface area contributed by atoms with Gasteiger partial charge in [0, 0.05) is 29.1 Å². The molecule has 1 aromatic carbocycles. The summed E-state index contributed by atoms with van der Waals surface area (Å²) in [6, 6.07) is 6.20. The van der Waals surface area contributed by atoms with Crippen LogP contribution in [-0.2, 0) is 16.0 Å². The average Bonchev–Trinajstić information content (AvgIpc) is 2.86. The third-order valence-corrected chi connectivity index (χ3v) is 4.76. The van der Waals surface area contributed by atoms with Gasteiger partial charge < -0.3 is 15.4 Å². The molecule has 1 atom stereocenters. The van der Waals surface area contributed by atoms with Crippen molar-refractivity contribution in [3.8, 4) is 0 Å². The molecule has 130 valence electrons. The Balaban J connectivity index is 2.04. The van der Waals surface area contributed by atoms with E-state index < -0.39 is 11.5 Å². The minimum Gasteiger partial charge on any atom is -0.481 e. The maximum atomic E-state index is 12.3. The van der Waals surface area contributed by atoms with E-state index in [1.807, 2.05) is 33.0 Å². The number of carboxylic acid groups (broad SMARTS) is 1. The summed E-state index contributed by atoms with van der Waals surface area (Å²) in [5.41, 5.74) is 2.61. The number of amides is 1. The molecular formula is C19H26N2O3. The van der Waals surface area contributed by atoms with E-state index in [0.29, 0.717) is 12.8 Å². The first-order chi connectivity index (χ1) is 11.2. The zero-order chi connectivity index (χ0) is 17.9. The highest BCUT2D eigenvalue weighted by Crippen LogP contribution is 2.23. The molecule has 0 fully saturated rings. The molecule has 0 spiro atoms. The van der Waals surface area contributed by atoms with Gasteiger partial charge in [0.1, 0.15) is 0 Å². The number of carbonyl (C=O) groups excluding carboxylic acids is 1. The SMILES string of the molecule is Cc1ccc2[nH]cc(CCC(=O)NC(C)(CC(=O)O)C(C)C)c2c1. The Bertz CT molecular complexity index is 748. The molecule has 0 aliphatic heterocycles. The molecule has 1 aromatic heterocycles. The van der Waals surface area contributed by atoms with Crippen LogP contribution in [0.15, 0.2) is 24.4 Å². The number of benzene rings is 1. The monoisotopic (exact) mass is 330 g/mol. The number of rotatable bonds is 7. The van der Waals surface area contributed by atoms with Crippen LogP contribution in [-0.4, -0.2) is 27.5 Å². The van der Waals surface area contributed by atoms with E-state index in [1.165, 1.54) is 5.56 Å². The summed E-state index contributed by atoms with van der Waals surface area (Å²) < 4.78 is 0. The maximum Gasteiger partial charge on any atom is 0.305 e. The van der Waals surface area contributed by atoms with Crippen LogP contribution < -0.4 is 5.32 Å². The van der Waals surface area contributed by atoms with E-state index in [0.717, 1.165) is 16.5 Å². The molecule has 3 N–H and O–H groups in total. The number of aliphatic carboxylic acids is 1. The number of aryl methyl sites for hydroxylation is 2. The van der Waals surface area contributed by atoms with Crippen LogP contribution in [0.2, 0.25) is 0 Å². The molecular weight excluding hydrogens is 304 g/mol. The predicted molar refractivity (Wildman–Crippen MR) is 95.0 cm³/mol. The topological polar surface area (TPSA) is 82.2 Å². The van der Waals surface area contributed by atoms with Crippen LogP contribution in [0.5, 0.6) is 0 Å². The van der Waals surface area contributed by atoms with Crippen LogP contribution in [0, 0.1) is 12.8 Å². The number of hydrogen-bond donors (Lipinski definition) is 3. The second-order valence-electron chi connectivity index (χ2n) is 7.05. The molecule has 5 nitrogen and oxygen atoms in total. The van der Waals surface area contributed by atoms with Crippen molar-refractivity contribution in [3.05, 3.63) is 35.5 Å². The van der Waals surface area contributed by atoms with E-state index in [1.54, 1.807) is 6.92 Å². The van der Waals surface area contributed by atoms with E-state index >= 15 is 0 Å². The minimum atomic E-state index is -0.904. The van der Waals surface area contributed by atoms with Gasteiger partial charge in [-0.05, 0) is 43.9 Å². The number of H-pyrrole nitrogens is 1. The number of nitrogens with one attached hydrogen (secondary N) is 2. The molecule has 1 heterocycles. The van der Waals surface area contributed by atoms with Crippen LogP contribution in [0.25, 0.3) is 10.9 Å². The van der Waals surface area contributed by atoms with Crippen LogP contribution in [0.3, 0.4) is 0 Å². The number of fused-ring (bicyclic) bond motifs is 1. The lowest BCUT2D eigenvalue weighted by atomic mass is 9.85. The van der Waals surface area contributed by atoms with Gasteiger partial charge in [-0.2, -0.15) is 0 Å². The summed E-state index contributed by atoms with van der Waals surface area (Å²) in [5, 5.41) is 13.1. The van der Waals surface area contributed by atoms with Crippen molar-refractivity contribution in [2.45, 2.75) is 52.5 Å². The number of hydrogen-bond acceptors (Lipinski definition) is 2. The number of carbonyl (C=O) groups is 2. The summed E-state index contributed by atoms with van der Waals surface area (Å²) in [5.74, 6) is -0.985. The first-order valence-corrected chi connectivity index (χ1v) is 8.30. The van der Waals surface area contributed by atoms with Gasteiger partial charge in [-0.25, -0.2) is 0 Å². The van der Waals surface area contributed by atoms with Gasteiger partial charge >= 0.3 is 5.97 Å². The second kappa shape index (κ2) is 7.07. The van der Waals surface area contributed by atoms with Gasteiger partial charge in [0.05, 0.1) is 6.42 Å². The number of aromatic amines is 1. The summed E-state index contributed by atoms with van der Waals surface area (Å²) in [7, 11) is 0. The lowest BCUT2D eigenvalue weighted by molar-refractivity contribution is -0.139. The van der Waals surface area contributed by atoms with E-state index in [4.69, 9.17) is 5.11 Å². The second-order valence-corrected chi connectivity index (χ2v) is 7.05. The van der Waals surface area contributed by atoms with Crippen molar-refractivity contribution in [2.75, 3.05) is 0 Å².